The molecule has 0 aliphatic carbocycles. The van der Waals surface area contributed by atoms with Crippen LogP contribution in [0.2, 0.25) is 0 Å². The fourth-order valence-corrected chi connectivity index (χ4v) is 3.50. The van der Waals surface area contributed by atoms with Crippen LogP contribution in [-0.2, 0) is 6.42 Å². The van der Waals surface area contributed by atoms with Gasteiger partial charge in [0.15, 0.2) is 0 Å². The summed E-state index contributed by atoms with van der Waals surface area (Å²) in [5.41, 5.74) is 2.81. The number of pyridine rings is 1. The number of nitrogens with zero attached hydrogens (tertiary/aromatic N) is 1. The summed E-state index contributed by atoms with van der Waals surface area (Å²) in [4.78, 5) is 16.5. The zero-order valence-electron chi connectivity index (χ0n) is 16.9. The number of hydrogen-bond acceptors (Lipinski definition) is 4. The predicted octanol–water partition coefficient (Wildman–Crippen LogP) is 4.41. The molecule has 3 aromatic rings. The zero-order chi connectivity index (χ0) is 21.1. The van der Waals surface area contributed by atoms with Gasteiger partial charge < -0.3 is 14.8 Å². The lowest BCUT2D eigenvalue weighted by Crippen LogP contribution is -2.34. The number of aromatic nitrogens is 1. The van der Waals surface area contributed by atoms with E-state index in [1.807, 2.05) is 26.0 Å². The molecule has 1 atom stereocenters. The third-order valence-corrected chi connectivity index (χ3v) is 4.89. The summed E-state index contributed by atoms with van der Waals surface area (Å²) in [6.07, 6.45) is 3.53. The number of fused-ring (bicyclic) bond motifs is 1. The molecule has 1 aromatic heterocycles. The lowest BCUT2D eigenvalue weighted by atomic mass is 10.0. The van der Waals surface area contributed by atoms with Crippen LogP contribution in [0.1, 0.15) is 29.8 Å². The largest absolute Gasteiger partial charge is 0.491 e. The minimum absolute atomic E-state index is 0.0725. The smallest absolute Gasteiger partial charge is 0.251 e. The first-order valence-corrected chi connectivity index (χ1v) is 9.94. The first-order valence-electron chi connectivity index (χ1n) is 9.94. The third kappa shape index (κ3) is 4.27. The van der Waals surface area contributed by atoms with Crippen molar-refractivity contribution in [2.45, 2.75) is 32.5 Å². The second-order valence-corrected chi connectivity index (χ2v) is 7.48. The average Bonchev–Trinajstić information content (AvgIpc) is 3.18. The molecule has 0 unspecified atom stereocenters. The quantitative estimate of drug-likeness (QED) is 0.659. The zero-order valence-corrected chi connectivity index (χ0v) is 16.9. The van der Waals surface area contributed by atoms with Crippen molar-refractivity contribution in [2.75, 3.05) is 6.54 Å². The highest BCUT2D eigenvalue weighted by Crippen LogP contribution is 2.40. The van der Waals surface area contributed by atoms with E-state index in [1.165, 1.54) is 6.07 Å². The number of amides is 1. The topological polar surface area (TPSA) is 60.5 Å². The summed E-state index contributed by atoms with van der Waals surface area (Å²) in [5, 5.41) is 2.88. The molecular formula is C24H23FN2O3. The number of rotatable bonds is 6. The van der Waals surface area contributed by atoms with E-state index in [1.54, 1.807) is 42.7 Å². The fraction of sp³-hybridized carbons (Fsp3) is 0.250. The number of carbonyl (C=O) groups is 1. The molecule has 30 heavy (non-hydrogen) atoms. The van der Waals surface area contributed by atoms with Crippen LogP contribution in [0.4, 0.5) is 4.39 Å². The van der Waals surface area contributed by atoms with E-state index >= 15 is 0 Å². The van der Waals surface area contributed by atoms with E-state index in [9.17, 15) is 9.18 Å². The van der Waals surface area contributed by atoms with E-state index in [0.29, 0.717) is 23.3 Å². The molecule has 0 spiro atoms. The Kier molecular flexibility index (Phi) is 5.65. The van der Waals surface area contributed by atoms with Gasteiger partial charge in [-0.25, -0.2) is 4.39 Å². The van der Waals surface area contributed by atoms with Gasteiger partial charge in [-0.15, -0.1) is 0 Å². The van der Waals surface area contributed by atoms with Crippen LogP contribution >= 0.6 is 0 Å². The second kappa shape index (κ2) is 8.53. The number of hydrogen-bond donors (Lipinski definition) is 1. The molecule has 1 amide bonds. The molecule has 154 valence electrons. The van der Waals surface area contributed by atoms with E-state index in [0.717, 1.165) is 16.9 Å². The number of ether oxygens (including phenoxy) is 2. The summed E-state index contributed by atoms with van der Waals surface area (Å²) in [7, 11) is 0. The van der Waals surface area contributed by atoms with E-state index in [-0.39, 0.29) is 30.5 Å². The standard InChI is InChI=1S/C24H23FN2O3/c1-15(2)29-18-5-3-17(4-6-18)24(28)27-14-19-13-21-22(25)8-7-20(23(21)30-19)16-9-11-26-12-10-16/h3-12,15,19H,13-14H2,1-2H3,(H,27,28)/t19-/m1/s1. The van der Waals surface area contributed by atoms with Gasteiger partial charge in [-0.1, -0.05) is 0 Å². The maximum absolute atomic E-state index is 14.4. The number of carbonyl (C=O) groups excluding carboxylic acids is 1. The van der Waals surface area contributed by atoms with Crippen LogP contribution in [0.3, 0.4) is 0 Å². The molecular weight excluding hydrogens is 383 g/mol. The maximum Gasteiger partial charge on any atom is 0.251 e. The predicted molar refractivity (Wildman–Crippen MR) is 112 cm³/mol. The van der Waals surface area contributed by atoms with Crippen molar-refractivity contribution in [1.82, 2.24) is 10.3 Å². The minimum Gasteiger partial charge on any atom is -0.491 e. The highest BCUT2D eigenvalue weighted by molar-refractivity contribution is 5.94. The Morgan fingerprint density at radius 3 is 2.60 bits per heavy atom. The van der Waals surface area contributed by atoms with Gasteiger partial charge in [0, 0.05) is 35.5 Å². The van der Waals surface area contributed by atoms with Crippen molar-refractivity contribution in [3.63, 3.8) is 0 Å². The third-order valence-electron chi connectivity index (χ3n) is 4.89. The van der Waals surface area contributed by atoms with Crippen LogP contribution in [-0.4, -0.2) is 29.6 Å². The Morgan fingerprint density at radius 1 is 1.17 bits per heavy atom. The minimum atomic E-state index is -0.329. The van der Waals surface area contributed by atoms with Gasteiger partial charge >= 0.3 is 0 Å². The van der Waals surface area contributed by atoms with Crippen LogP contribution in [0.25, 0.3) is 11.1 Å². The highest BCUT2D eigenvalue weighted by Gasteiger charge is 2.29. The van der Waals surface area contributed by atoms with Crippen molar-refractivity contribution in [1.29, 1.82) is 0 Å². The van der Waals surface area contributed by atoms with Crippen LogP contribution in [0, 0.1) is 5.82 Å². The van der Waals surface area contributed by atoms with Gasteiger partial charge in [0.25, 0.3) is 5.91 Å². The van der Waals surface area contributed by atoms with Gasteiger partial charge in [-0.2, -0.15) is 0 Å². The Bertz CT molecular complexity index is 1040. The van der Waals surface area contributed by atoms with E-state index < -0.39 is 0 Å². The lowest BCUT2D eigenvalue weighted by Gasteiger charge is -2.14. The van der Waals surface area contributed by atoms with E-state index in [2.05, 4.69) is 10.3 Å². The molecule has 6 heteroatoms. The molecule has 1 N–H and O–H groups in total. The van der Waals surface area contributed by atoms with Gasteiger partial charge in [0.2, 0.25) is 0 Å². The molecule has 0 saturated carbocycles. The molecule has 2 aromatic carbocycles. The summed E-state index contributed by atoms with van der Waals surface area (Å²) in [6.45, 7) is 4.18. The van der Waals surface area contributed by atoms with Crippen LogP contribution in [0.15, 0.2) is 60.9 Å². The molecule has 1 aliphatic rings. The summed E-state index contributed by atoms with van der Waals surface area (Å²) in [6, 6.07) is 13.9. The molecule has 0 saturated heterocycles. The average molecular weight is 406 g/mol. The molecule has 0 fully saturated rings. The number of nitrogens with one attached hydrogen (secondary N) is 1. The normalized spacial score (nSPS) is 14.9. The van der Waals surface area contributed by atoms with Crippen molar-refractivity contribution in [2.24, 2.45) is 0 Å². The summed E-state index contributed by atoms with van der Waals surface area (Å²) < 4.78 is 26.0. The number of benzene rings is 2. The molecule has 4 rings (SSSR count). The first-order chi connectivity index (χ1) is 14.5. The Labute approximate surface area is 174 Å². The second-order valence-electron chi connectivity index (χ2n) is 7.48. The Balaban J connectivity index is 1.42. The first kappa shape index (κ1) is 19.9. The van der Waals surface area contributed by atoms with Gasteiger partial charge in [-0.3, -0.25) is 9.78 Å². The van der Waals surface area contributed by atoms with Gasteiger partial charge in [-0.05, 0) is 67.9 Å². The van der Waals surface area contributed by atoms with E-state index in [4.69, 9.17) is 9.47 Å². The van der Waals surface area contributed by atoms with Crippen molar-refractivity contribution >= 4 is 5.91 Å². The molecule has 2 heterocycles. The van der Waals surface area contributed by atoms with Crippen molar-refractivity contribution in [3.8, 4) is 22.6 Å². The fourth-order valence-electron chi connectivity index (χ4n) is 3.50. The molecule has 0 radical (unpaired) electrons. The SMILES string of the molecule is CC(C)Oc1ccc(C(=O)NC[C@H]2Cc3c(F)ccc(-c4ccncc4)c3O2)cc1. The van der Waals surface area contributed by atoms with Crippen LogP contribution in [0.5, 0.6) is 11.5 Å². The van der Waals surface area contributed by atoms with Crippen molar-refractivity contribution < 1.29 is 18.7 Å². The van der Waals surface area contributed by atoms with Gasteiger partial charge in [0.05, 0.1) is 12.6 Å². The molecule has 1 aliphatic heterocycles. The maximum atomic E-state index is 14.4. The van der Waals surface area contributed by atoms with Crippen LogP contribution < -0.4 is 14.8 Å². The highest BCUT2D eigenvalue weighted by atomic mass is 19.1. The monoisotopic (exact) mass is 406 g/mol. The van der Waals surface area contributed by atoms with Gasteiger partial charge in [0.1, 0.15) is 23.4 Å². The summed E-state index contributed by atoms with van der Waals surface area (Å²) in [5.74, 6) is 0.753. The van der Waals surface area contributed by atoms with Crippen molar-refractivity contribution in [3.05, 3.63) is 77.9 Å². The molecule has 0 bridgehead atoms. The Morgan fingerprint density at radius 2 is 1.90 bits per heavy atom. The molecule has 5 nitrogen and oxygen atoms in total. The Hall–Kier alpha value is -3.41. The number of halogens is 1. The lowest BCUT2D eigenvalue weighted by molar-refractivity contribution is 0.0933. The summed E-state index contributed by atoms with van der Waals surface area (Å²) >= 11 is 0.